The summed E-state index contributed by atoms with van der Waals surface area (Å²) in [7, 11) is 0. The van der Waals surface area contributed by atoms with Crippen molar-refractivity contribution in [1.82, 2.24) is 14.9 Å². The van der Waals surface area contributed by atoms with E-state index >= 15 is 0 Å². The second kappa shape index (κ2) is 6.98. The van der Waals surface area contributed by atoms with Crippen molar-refractivity contribution in [3.63, 3.8) is 0 Å². The summed E-state index contributed by atoms with van der Waals surface area (Å²) in [5.41, 5.74) is 3.26. The number of aliphatic hydroxyl groups is 1. The maximum Gasteiger partial charge on any atom is 0.253 e. The zero-order valence-electron chi connectivity index (χ0n) is 13.6. The standard InChI is InChI=1S/C18H19N3O2S/c1-12-10-15(13(2)21(12)18-19-8-9-24-18)17(23)20-16(11-22)14-6-4-3-5-7-14/h3-10,16,22H,11H2,1-2H3,(H,20,23)/t16-/m1/s1. The fourth-order valence-electron chi connectivity index (χ4n) is 2.77. The molecule has 5 nitrogen and oxygen atoms in total. The highest BCUT2D eigenvalue weighted by Crippen LogP contribution is 2.23. The van der Waals surface area contributed by atoms with Crippen LogP contribution in [-0.4, -0.2) is 27.2 Å². The van der Waals surface area contributed by atoms with Crippen LogP contribution in [0.5, 0.6) is 0 Å². The molecule has 1 aromatic carbocycles. The van der Waals surface area contributed by atoms with Gasteiger partial charge in [0.1, 0.15) is 0 Å². The van der Waals surface area contributed by atoms with Gasteiger partial charge in [-0.05, 0) is 25.5 Å². The average molecular weight is 341 g/mol. The van der Waals surface area contributed by atoms with E-state index in [1.807, 2.05) is 60.2 Å². The molecular weight excluding hydrogens is 322 g/mol. The number of aromatic nitrogens is 2. The van der Waals surface area contributed by atoms with E-state index in [1.165, 1.54) is 11.3 Å². The van der Waals surface area contributed by atoms with Gasteiger partial charge in [-0.1, -0.05) is 30.3 Å². The Labute approximate surface area is 144 Å². The molecule has 0 saturated carbocycles. The summed E-state index contributed by atoms with van der Waals surface area (Å²) in [4.78, 5) is 17.0. The van der Waals surface area contributed by atoms with E-state index < -0.39 is 6.04 Å². The highest BCUT2D eigenvalue weighted by molar-refractivity contribution is 7.12. The van der Waals surface area contributed by atoms with Gasteiger partial charge in [0.05, 0.1) is 18.2 Å². The number of carbonyl (C=O) groups excluding carboxylic acids is 1. The minimum Gasteiger partial charge on any atom is -0.394 e. The van der Waals surface area contributed by atoms with E-state index in [0.717, 1.165) is 22.1 Å². The van der Waals surface area contributed by atoms with Gasteiger partial charge in [0.15, 0.2) is 5.13 Å². The first-order valence-corrected chi connectivity index (χ1v) is 8.55. The molecule has 3 rings (SSSR count). The van der Waals surface area contributed by atoms with Crippen LogP contribution in [0.1, 0.15) is 33.4 Å². The largest absolute Gasteiger partial charge is 0.394 e. The molecule has 0 bridgehead atoms. The van der Waals surface area contributed by atoms with E-state index in [1.54, 1.807) is 6.20 Å². The predicted octanol–water partition coefficient (Wildman–Crippen LogP) is 3.01. The lowest BCUT2D eigenvalue weighted by Gasteiger charge is -2.16. The van der Waals surface area contributed by atoms with Crippen LogP contribution < -0.4 is 5.32 Å². The van der Waals surface area contributed by atoms with Crippen LogP contribution in [0.4, 0.5) is 0 Å². The normalized spacial score (nSPS) is 12.1. The van der Waals surface area contributed by atoms with Crippen molar-refractivity contribution < 1.29 is 9.90 Å². The molecule has 3 aromatic rings. The summed E-state index contributed by atoms with van der Waals surface area (Å²) in [5.74, 6) is -0.200. The number of carbonyl (C=O) groups is 1. The summed E-state index contributed by atoms with van der Waals surface area (Å²) in [6, 6.07) is 10.9. The summed E-state index contributed by atoms with van der Waals surface area (Å²) in [6.07, 6.45) is 1.75. The second-order valence-corrected chi connectivity index (χ2v) is 6.43. The van der Waals surface area contributed by atoms with Crippen LogP contribution in [0.15, 0.2) is 48.0 Å². The summed E-state index contributed by atoms with van der Waals surface area (Å²) in [5, 5.41) is 15.3. The molecule has 2 aromatic heterocycles. The number of nitrogens with zero attached hydrogens (tertiary/aromatic N) is 2. The lowest BCUT2D eigenvalue weighted by Crippen LogP contribution is -2.31. The first-order valence-electron chi connectivity index (χ1n) is 7.67. The zero-order chi connectivity index (χ0) is 17.1. The fourth-order valence-corrected chi connectivity index (χ4v) is 3.52. The van der Waals surface area contributed by atoms with E-state index in [2.05, 4.69) is 10.3 Å². The number of hydrogen-bond acceptors (Lipinski definition) is 4. The number of amides is 1. The molecule has 0 aliphatic rings. The Balaban J connectivity index is 1.87. The molecular formula is C18H19N3O2S. The van der Waals surface area contributed by atoms with Crippen molar-refractivity contribution in [3.05, 3.63) is 70.5 Å². The van der Waals surface area contributed by atoms with Crippen LogP contribution in [-0.2, 0) is 0 Å². The van der Waals surface area contributed by atoms with Gasteiger partial charge in [-0.15, -0.1) is 11.3 Å². The predicted molar refractivity (Wildman–Crippen MR) is 94.7 cm³/mol. The molecule has 0 unspecified atom stereocenters. The van der Waals surface area contributed by atoms with Crippen LogP contribution in [0.25, 0.3) is 5.13 Å². The molecule has 0 aliphatic heterocycles. The van der Waals surface area contributed by atoms with E-state index in [4.69, 9.17) is 0 Å². The van der Waals surface area contributed by atoms with Crippen LogP contribution in [0.2, 0.25) is 0 Å². The van der Waals surface area contributed by atoms with Gasteiger partial charge in [0, 0.05) is 23.0 Å². The lowest BCUT2D eigenvalue weighted by molar-refractivity contribution is 0.0915. The lowest BCUT2D eigenvalue weighted by atomic mass is 10.1. The monoisotopic (exact) mass is 341 g/mol. The Kier molecular flexibility index (Phi) is 4.78. The van der Waals surface area contributed by atoms with Crippen molar-refractivity contribution in [2.75, 3.05) is 6.61 Å². The Morgan fingerprint density at radius 1 is 1.33 bits per heavy atom. The van der Waals surface area contributed by atoms with Gasteiger partial charge < -0.3 is 10.4 Å². The van der Waals surface area contributed by atoms with Gasteiger partial charge in [0.25, 0.3) is 5.91 Å². The molecule has 1 amide bonds. The Bertz CT molecular complexity index is 826. The molecule has 124 valence electrons. The minimum absolute atomic E-state index is 0.152. The Hall–Kier alpha value is -2.44. The smallest absolute Gasteiger partial charge is 0.253 e. The van der Waals surface area contributed by atoms with Crippen LogP contribution in [0.3, 0.4) is 0 Å². The van der Waals surface area contributed by atoms with Gasteiger partial charge in [-0.2, -0.15) is 0 Å². The minimum atomic E-state index is -0.429. The number of nitrogens with one attached hydrogen (secondary N) is 1. The molecule has 2 heterocycles. The SMILES string of the molecule is Cc1cc(C(=O)N[C@H](CO)c2ccccc2)c(C)n1-c1nccs1. The molecule has 2 N–H and O–H groups in total. The van der Waals surface area contributed by atoms with Crippen LogP contribution in [0, 0.1) is 13.8 Å². The first-order chi connectivity index (χ1) is 11.6. The molecule has 0 radical (unpaired) electrons. The molecule has 0 fully saturated rings. The van der Waals surface area contributed by atoms with Crippen molar-refractivity contribution in [3.8, 4) is 5.13 Å². The molecule has 0 aliphatic carbocycles. The second-order valence-electron chi connectivity index (χ2n) is 5.55. The third-order valence-corrected chi connectivity index (χ3v) is 4.73. The summed E-state index contributed by atoms with van der Waals surface area (Å²) < 4.78 is 1.97. The number of rotatable bonds is 5. The number of benzene rings is 1. The summed E-state index contributed by atoms with van der Waals surface area (Å²) >= 11 is 1.52. The summed E-state index contributed by atoms with van der Waals surface area (Å²) in [6.45, 7) is 3.70. The zero-order valence-corrected chi connectivity index (χ0v) is 14.4. The number of hydrogen-bond donors (Lipinski definition) is 2. The average Bonchev–Trinajstić information content (AvgIpc) is 3.21. The molecule has 24 heavy (non-hydrogen) atoms. The van der Waals surface area contributed by atoms with Crippen molar-refractivity contribution in [1.29, 1.82) is 0 Å². The van der Waals surface area contributed by atoms with Crippen LogP contribution >= 0.6 is 11.3 Å². The van der Waals surface area contributed by atoms with Gasteiger partial charge in [-0.25, -0.2) is 4.98 Å². The highest BCUT2D eigenvalue weighted by atomic mass is 32.1. The number of aryl methyl sites for hydroxylation is 1. The Morgan fingerprint density at radius 2 is 2.08 bits per heavy atom. The topological polar surface area (TPSA) is 67.2 Å². The number of aliphatic hydroxyl groups excluding tert-OH is 1. The maximum absolute atomic E-state index is 12.7. The third kappa shape index (κ3) is 3.11. The third-order valence-electron chi connectivity index (χ3n) is 3.98. The molecule has 0 saturated heterocycles. The van der Waals surface area contributed by atoms with E-state index in [-0.39, 0.29) is 12.5 Å². The van der Waals surface area contributed by atoms with Crippen molar-refractivity contribution >= 4 is 17.2 Å². The first kappa shape index (κ1) is 16.4. The van der Waals surface area contributed by atoms with E-state index in [0.29, 0.717) is 5.56 Å². The molecule has 1 atom stereocenters. The maximum atomic E-state index is 12.7. The van der Waals surface area contributed by atoms with Gasteiger partial charge in [-0.3, -0.25) is 9.36 Å². The van der Waals surface area contributed by atoms with Gasteiger partial charge >= 0.3 is 0 Å². The van der Waals surface area contributed by atoms with Crippen molar-refractivity contribution in [2.45, 2.75) is 19.9 Å². The molecule has 0 spiro atoms. The molecule has 6 heteroatoms. The Morgan fingerprint density at radius 3 is 2.71 bits per heavy atom. The van der Waals surface area contributed by atoms with Gasteiger partial charge in [0.2, 0.25) is 0 Å². The van der Waals surface area contributed by atoms with Crippen molar-refractivity contribution in [2.24, 2.45) is 0 Å². The number of thiazole rings is 1. The fraction of sp³-hybridized carbons (Fsp3) is 0.222. The van der Waals surface area contributed by atoms with E-state index in [9.17, 15) is 9.90 Å². The quantitative estimate of drug-likeness (QED) is 0.750. The highest BCUT2D eigenvalue weighted by Gasteiger charge is 2.20.